The van der Waals surface area contributed by atoms with Crippen molar-refractivity contribution in [2.24, 2.45) is 21.1 Å². The second-order valence-corrected chi connectivity index (χ2v) is 8.22. The Morgan fingerprint density at radius 2 is 0.556 bits per heavy atom. The van der Waals surface area contributed by atoms with Gasteiger partial charge in [0.05, 0.1) is 0 Å². The monoisotopic (exact) mass is 813 g/mol. The average Bonchev–Trinajstić information content (AvgIpc) is 2.84. The van der Waals surface area contributed by atoms with Crippen molar-refractivity contribution in [1.29, 1.82) is 0 Å². The fourth-order valence-electron chi connectivity index (χ4n) is 3.72. The van der Waals surface area contributed by atoms with Gasteiger partial charge in [0.15, 0.2) is 37.2 Å². The molecule has 0 radical (unpaired) electrons. The Hall–Kier alpha value is -1.92. The lowest BCUT2D eigenvalue weighted by atomic mass is 10.2. The van der Waals surface area contributed by atoms with Gasteiger partial charge in [-0.2, -0.15) is 0 Å². The molecule has 0 N–H and O–H groups in total. The third kappa shape index (κ3) is 9.19. The molecule has 0 atom stereocenters. The number of aromatic nitrogens is 3. The summed E-state index contributed by atoms with van der Waals surface area (Å²) in [6.45, 7) is 0. The van der Waals surface area contributed by atoms with E-state index in [1.165, 1.54) is 32.3 Å². The first-order valence-corrected chi connectivity index (χ1v) is 11.1. The molecule has 0 fully saturated rings. The minimum atomic E-state index is 0. The molecule has 0 spiro atoms. The molecule has 0 aliphatic rings. The van der Waals surface area contributed by atoms with Gasteiger partial charge in [-0.25, -0.2) is 13.7 Å². The molecular weight excluding hydrogens is 783 g/mol. The largest absolute Gasteiger partial charge is 1.00 e. The maximum absolute atomic E-state index is 2.12. The molecule has 0 saturated carbocycles. The Morgan fingerprint density at radius 1 is 0.333 bits per heavy atom. The molecule has 3 aromatic carbocycles. The zero-order valence-electron chi connectivity index (χ0n) is 20.6. The normalized spacial score (nSPS) is 9.42. The van der Waals surface area contributed by atoms with Crippen LogP contribution in [0.15, 0.2) is 128 Å². The molecule has 0 saturated heterocycles. The van der Waals surface area contributed by atoms with Gasteiger partial charge < -0.3 is 71.9 Å². The molecule has 0 bridgehead atoms. The van der Waals surface area contributed by atoms with E-state index in [1.807, 2.05) is 21.1 Å². The van der Waals surface area contributed by atoms with E-state index < -0.39 is 0 Å². The van der Waals surface area contributed by atoms with Crippen LogP contribution in [0.2, 0.25) is 0 Å². The summed E-state index contributed by atoms with van der Waals surface area (Å²) in [5.41, 5.74) is 0. The molecule has 6 heteroatoms. The minimum Gasteiger partial charge on any atom is -1.00 e. The van der Waals surface area contributed by atoms with Gasteiger partial charge >= 0.3 is 0 Å². The van der Waals surface area contributed by atoms with E-state index in [9.17, 15) is 0 Å². The number of hydrogen-bond donors (Lipinski definition) is 0. The van der Waals surface area contributed by atoms with Crippen molar-refractivity contribution in [1.82, 2.24) is 0 Å². The fraction of sp³-hybridized carbons (Fsp3) is 0.100. The lowest BCUT2D eigenvalue weighted by Gasteiger charge is -1.92. The summed E-state index contributed by atoms with van der Waals surface area (Å²) in [4.78, 5) is 0. The van der Waals surface area contributed by atoms with Crippen LogP contribution in [0.3, 0.4) is 0 Å². The van der Waals surface area contributed by atoms with Gasteiger partial charge in [-0.3, -0.25) is 0 Å². The van der Waals surface area contributed by atoms with Crippen LogP contribution in [0, 0.1) is 0 Å². The molecule has 186 valence electrons. The quantitative estimate of drug-likeness (QED) is 0.110. The van der Waals surface area contributed by atoms with Gasteiger partial charge in [0.25, 0.3) is 0 Å². The number of hydrogen-bond acceptors (Lipinski definition) is 0. The molecule has 0 unspecified atom stereocenters. The zero-order valence-corrected chi connectivity index (χ0v) is 27.1. The molecule has 0 aliphatic heterocycles. The highest BCUT2D eigenvalue weighted by atomic mass is 127. The van der Waals surface area contributed by atoms with E-state index in [0.29, 0.717) is 0 Å². The van der Waals surface area contributed by atoms with E-state index in [1.54, 1.807) is 0 Å². The van der Waals surface area contributed by atoms with Gasteiger partial charge in [0.1, 0.15) is 21.1 Å². The molecule has 0 aliphatic carbocycles. The van der Waals surface area contributed by atoms with Crippen LogP contribution >= 0.6 is 0 Å². The lowest BCUT2D eigenvalue weighted by Crippen LogP contribution is -3.00. The Morgan fingerprint density at radius 3 is 0.806 bits per heavy atom. The van der Waals surface area contributed by atoms with Gasteiger partial charge in [-0.15, -0.1) is 0 Å². The van der Waals surface area contributed by atoms with Crippen LogP contribution in [-0.2, 0) is 21.1 Å². The number of benzene rings is 3. The first kappa shape index (κ1) is 32.1. The van der Waals surface area contributed by atoms with Crippen molar-refractivity contribution in [3.63, 3.8) is 0 Å². The Balaban J connectivity index is 0.000000259. The topological polar surface area (TPSA) is 11.6 Å². The second-order valence-electron chi connectivity index (χ2n) is 8.22. The second kappa shape index (κ2) is 16.0. The SMILES string of the molecule is C[n+]1ccc2ccccc2c1.C[n+]1ccc2ccccc2c1.C[n+]1ccc2ccccc2c1.[I-].[I-].[I-]. The van der Waals surface area contributed by atoms with E-state index in [2.05, 4.69) is 142 Å². The molecule has 3 nitrogen and oxygen atoms in total. The third-order valence-electron chi connectivity index (χ3n) is 5.48. The number of halogens is 3. The standard InChI is InChI=1S/3C10H10N.3HI/c3*1-11-7-6-9-4-2-3-5-10(9)8-11;;;/h3*2-8H,1H3;3*1H/q3*+1;;;/p-3. The van der Waals surface area contributed by atoms with Crippen LogP contribution in [-0.4, -0.2) is 0 Å². The maximum Gasteiger partial charge on any atom is 0.176 e. The molecule has 6 aromatic rings. The van der Waals surface area contributed by atoms with Crippen LogP contribution in [0.25, 0.3) is 32.3 Å². The number of rotatable bonds is 0. The highest BCUT2D eigenvalue weighted by Crippen LogP contribution is 2.10. The van der Waals surface area contributed by atoms with Gasteiger partial charge in [0, 0.05) is 34.4 Å². The zero-order chi connectivity index (χ0) is 23.0. The Labute approximate surface area is 264 Å². The first-order valence-electron chi connectivity index (χ1n) is 11.1. The van der Waals surface area contributed by atoms with E-state index in [0.717, 1.165) is 0 Å². The van der Waals surface area contributed by atoms with Crippen LogP contribution < -0.4 is 85.6 Å². The first-order chi connectivity index (χ1) is 16.1. The maximum atomic E-state index is 2.12. The minimum absolute atomic E-state index is 0. The van der Waals surface area contributed by atoms with Crippen molar-refractivity contribution in [2.45, 2.75) is 0 Å². The van der Waals surface area contributed by atoms with Crippen molar-refractivity contribution < 1.29 is 85.6 Å². The molecular formula is C30H30I3N3. The summed E-state index contributed by atoms with van der Waals surface area (Å²) in [5.74, 6) is 0. The summed E-state index contributed by atoms with van der Waals surface area (Å²) in [6, 6.07) is 31.4. The van der Waals surface area contributed by atoms with Gasteiger partial charge in [-0.05, 0) is 34.4 Å². The predicted octanol–water partition coefficient (Wildman–Crippen LogP) is -4.00. The smallest absolute Gasteiger partial charge is 0.176 e. The average molecular weight is 813 g/mol. The highest BCUT2D eigenvalue weighted by molar-refractivity contribution is 5.81. The van der Waals surface area contributed by atoms with Crippen LogP contribution in [0.5, 0.6) is 0 Å². The number of pyridine rings is 3. The molecule has 36 heavy (non-hydrogen) atoms. The van der Waals surface area contributed by atoms with Crippen molar-refractivity contribution in [2.75, 3.05) is 0 Å². The van der Waals surface area contributed by atoms with Crippen LogP contribution in [0.4, 0.5) is 0 Å². The molecule has 3 aromatic heterocycles. The number of aryl methyl sites for hydroxylation is 3. The van der Waals surface area contributed by atoms with E-state index in [4.69, 9.17) is 0 Å². The number of nitrogens with zero attached hydrogens (tertiary/aromatic N) is 3. The van der Waals surface area contributed by atoms with Gasteiger partial charge in [-0.1, -0.05) is 54.6 Å². The lowest BCUT2D eigenvalue weighted by molar-refractivity contribution is -0.670. The van der Waals surface area contributed by atoms with Crippen molar-refractivity contribution in [3.05, 3.63) is 128 Å². The molecule has 6 rings (SSSR count). The van der Waals surface area contributed by atoms with Crippen molar-refractivity contribution >= 4 is 32.3 Å². The summed E-state index contributed by atoms with van der Waals surface area (Å²) < 4.78 is 6.17. The summed E-state index contributed by atoms with van der Waals surface area (Å²) in [6.07, 6.45) is 12.5. The third-order valence-corrected chi connectivity index (χ3v) is 5.48. The van der Waals surface area contributed by atoms with E-state index >= 15 is 0 Å². The summed E-state index contributed by atoms with van der Waals surface area (Å²) in [7, 11) is 6.10. The molecule has 0 amide bonds. The summed E-state index contributed by atoms with van der Waals surface area (Å²) >= 11 is 0. The fourth-order valence-corrected chi connectivity index (χ4v) is 3.72. The number of fused-ring (bicyclic) bond motifs is 3. The van der Waals surface area contributed by atoms with Crippen LogP contribution in [0.1, 0.15) is 0 Å². The Bertz CT molecular complexity index is 1340. The molecule has 3 heterocycles. The van der Waals surface area contributed by atoms with Crippen molar-refractivity contribution in [3.8, 4) is 0 Å². The highest BCUT2D eigenvalue weighted by Gasteiger charge is 1.96. The van der Waals surface area contributed by atoms with E-state index in [-0.39, 0.29) is 71.9 Å². The van der Waals surface area contributed by atoms with Gasteiger partial charge in [0.2, 0.25) is 0 Å². The predicted molar refractivity (Wildman–Crippen MR) is 135 cm³/mol. The Kier molecular flexibility index (Phi) is 14.3. The summed E-state index contributed by atoms with van der Waals surface area (Å²) in [5, 5.41) is 7.76.